The lowest BCUT2D eigenvalue weighted by molar-refractivity contribution is 0.0649. The van der Waals surface area contributed by atoms with E-state index in [1.165, 1.54) is 0 Å². The molecule has 0 saturated carbocycles. The fraction of sp³-hybridized carbons (Fsp3) is 0.429. The van der Waals surface area contributed by atoms with Gasteiger partial charge in [0, 0.05) is 31.9 Å². The minimum atomic E-state index is -0.0590. The lowest BCUT2D eigenvalue weighted by atomic mass is 10.2. The Labute approximate surface area is 147 Å². The number of piperazine rings is 1. The Bertz CT molecular complexity index is 621. The topological polar surface area (TPSA) is 75.9 Å². The molecular weight excluding hydrogens is 339 g/mol. The molecule has 2 aromatic rings. The van der Waals surface area contributed by atoms with E-state index < -0.39 is 0 Å². The molecule has 1 atom stereocenters. The molecule has 126 valence electrons. The Balaban J connectivity index is 0.00000132. The van der Waals surface area contributed by atoms with Crippen LogP contribution in [0.1, 0.15) is 23.1 Å². The van der Waals surface area contributed by atoms with E-state index in [-0.39, 0.29) is 36.8 Å². The second-order valence-corrected chi connectivity index (χ2v) is 5.17. The Morgan fingerprint density at radius 1 is 1.39 bits per heavy atom. The summed E-state index contributed by atoms with van der Waals surface area (Å²) >= 11 is 0. The van der Waals surface area contributed by atoms with Crippen molar-refractivity contribution in [3.05, 3.63) is 42.0 Å². The van der Waals surface area contributed by atoms with Gasteiger partial charge in [-0.1, -0.05) is 11.3 Å². The first-order valence-corrected chi connectivity index (χ1v) is 7.06. The Kier molecular flexibility index (Phi) is 7.41. The fourth-order valence-electron chi connectivity index (χ4n) is 2.42. The monoisotopic (exact) mass is 358 g/mol. The Hall–Kier alpha value is -1.70. The third kappa shape index (κ3) is 4.63. The molecule has 7 nitrogen and oxygen atoms in total. The number of nitrogens with zero attached hydrogens (tertiary/aromatic N) is 5. The molecular formula is C14H20Cl2N6O. The van der Waals surface area contributed by atoms with Gasteiger partial charge in [0.05, 0.1) is 18.4 Å². The number of rotatable bonds is 3. The van der Waals surface area contributed by atoms with Crippen LogP contribution in [0.5, 0.6) is 0 Å². The molecule has 1 saturated heterocycles. The lowest BCUT2D eigenvalue weighted by Gasteiger charge is -2.33. The predicted molar refractivity (Wildman–Crippen MR) is 91.2 cm³/mol. The number of amides is 1. The maximum absolute atomic E-state index is 12.4. The largest absolute Gasteiger partial charge is 0.332 e. The number of carbonyl (C=O) groups excluding carboxylic acids is 1. The summed E-state index contributed by atoms with van der Waals surface area (Å²) in [7, 11) is 0. The third-order valence-electron chi connectivity index (χ3n) is 3.57. The highest BCUT2D eigenvalue weighted by Gasteiger charge is 2.25. The van der Waals surface area contributed by atoms with Gasteiger partial charge in [-0.25, -0.2) is 4.68 Å². The van der Waals surface area contributed by atoms with Crippen molar-refractivity contribution in [3.8, 4) is 0 Å². The number of hydrogen-bond acceptors (Lipinski definition) is 5. The van der Waals surface area contributed by atoms with Gasteiger partial charge in [0.15, 0.2) is 5.69 Å². The fourth-order valence-corrected chi connectivity index (χ4v) is 2.42. The van der Waals surface area contributed by atoms with Gasteiger partial charge < -0.3 is 10.2 Å². The van der Waals surface area contributed by atoms with E-state index in [1.54, 1.807) is 17.1 Å². The van der Waals surface area contributed by atoms with Gasteiger partial charge in [-0.15, -0.1) is 29.9 Å². The van der Waals surface area contributed by atoms with Gasteiger partial charge in [0.25, 0.3) is 5.91 Å². The first-order valence-electron chi connectivity index (χ1n) is 7.06. The second kappa shape index (κ2) is 8.81. The van der Waals surface area contributed by atoms with E-state index in [9.17, 15) is 4.79 Å². The first kappa shape index (κ1) is 19.3. The van der Waals surface area contributed by atoms with Crippen molar-refractivity contribution in [3.63, 3.8) is 0 Å². The van der Waals surface area contributed by atoms with Gasteiger partial charge in [-0.05, 0) is 19.1 Å². The number of carbonyl (C=O) groups is 1. The van der Waals surface area contributed by atoms with Crippen molar-refractivity contribution in [2.75, 3.05) is 19.6 Å². The molecule has 2 aromatic heterocycles. The normalized spacial score (nSPS) is 17.1. The van der Waals surface area contributed by atoms with Crippen molar-refractivity contribution >= 4 is 30.7 Å². The molecule has 23 heavy (non-hydrogen) atoms. The zero-order valence-electron chi connectivity index (χ0n) is 12.8. The summed E-state index contributed by atoms with van der Waals surface area (Å²) in [6.07, 6.45) is 3.42. The van der Waals surface area contributed by atoms with Crippen LogP contribution in [0.15, 0.2) is 30.6 Å². The second-order valence-electron chi connectivity index (χ2n) is 5.17. The Morgan fingerprint density at radius 2 is 2.22 bits per heavy atom. The third-order valence-corrected chi connectivity index (χ3v) is 3.57. The summed E-state index contributed by atoms with van der Waals surface area (Å²) in [6.45, 7) is 4.87. The first-order chi connectivity index (χ1) is 10.2. The molecule has 1 aliphatic rings. The summed E-state index contributed by atoms with van der Waals surface area (Å²) in [5.41, 5.74) is 1.27. The van der Waals surface area contributed by atoms with Crippen molar-refractivity contribution < 1.29 is 4.79 Å². The number of nitrogens with one attached hydrogen (secondary N) is 1. The van der Waals surface area contributed by atoms with Gasteiger partial charge in [-0.2, -0.15) is 0 Å². The van der Waals surface area contributed by atoms with E-state index in [2.05, 4.69) is 20.6 Å². The summed E-state index contributed by atoms with van der Waals surface area (Å²) in [5.74, 6) is -0.0590. The smallest absolute Gasteiger partial charge is 0.276 e. The average molecular weight is 359 g/mol. The minimum absolute atomic E-state index is 0. The van der Waals surface area contributed by atoms with Gasteiger partial charge in [0.2, 0.25) is 0 Å². The van der Waals surface area contributed by atoms with Crippen LogP contribution in [0.25, 0.3) is 0 Å². The highest BCUT2D eigenvalue weighted by atomic mass is 35.5. The van der Waals surface area contributed by atoms with Gasteiger partial charge in [-0.3, -0.25) is 9.78 Å². The minimum Gasteiger partial charge on any atom is -0.332 e. The van der Waals surface area contributed by atoms with E-state index in [0.29, 0.717) is 18.8 Å². The van der Waals surface area contributed by atoms with Crippen LogP contribution in [0, 0.1) is 0 Å². The highest BCUT2D eigenvalue weighted by molar-refractivity contribution is 5.92. The standard InChI is InChI=1S/C14H18N6O.2ClH/c1-11-8-15-6-7-20(11)14(21)13-10-19(18-17-13)9-12-4-2-3-5-16-12;;/h2-5,10-11,15H,6-9H2,1H3;2*1H/t11-;;/m0../s1. The summed E-state index contributed by atoms with van der Waals surface area (Å²) < 4.78 is 1.64. The quantitative estimate of drug-likeness (QED) is 0.885. The van der Waals surface area contributed by atoms with Crippen LogP contribution in [-0.2, 0) is 6.54 Å². The number of pyridine rings is 1. The molecule has 0 aliphatic carbocycles. The summed E-state index contributed by atoms with van der Waals surface area (Å²) in [6, 6.07) is 5.88. The predicted octanol–water partition coefficient (Wildman–Crippen LogP) is 0.999. The van der Waals surface area contributed by atoms with Crippen LogP contribution < -0.4 is 5.32 Å². The van der Waals surface area contributed by atoms with Gasteiger partial charge in [0.1, 0.15) is 0 Å². The van der Waals surface area contributed by atoms with Crippen molar-refractivity contribution in [2.45, 2.75) is 19.5 Å². The molecule has 1 fully saturated rings. The van der Waals surface area contributed by atoms with Crippen molar-refractivity contribution in [2.24, 2.45) is 0 Å². The molecule has 1 aliphatic heterocycles. The lowest BCUT2D eigenvalue weighted by Crippen LogP contribution is -2.52. The maximum Gasteiger partial charge on any atom is 0.276 e. The Morgan fingerprint density at radius 3 is 2.91 bits per heavy atom. The van der Waals surface area contributed by atoms with E-state index in [4.69, 9.17) is 0 Å². The highest BCUT2D eigenvalue weighted by Crippen LogP contribution is 2.08. The van der Waals surface area contributed by atoms with Crippen molar-refractivity contribution in [1.82, 2.24) is 30.2 Å². The number of aromatic nitrogens is 4. The maximum atomic E-state index is 12.4. The van der Waals surface area contributed by atoms with Crippen LogP contribution in [0.3, 0.4) is 0 Å². The van der Waals surface area contributed by atoms with Gasteiger partial charge >= 0.3 is 0 Å². The van der Waals surface area contributed by atoms with Crippen molar-refractivity contribution in [1.29, 1.82) is 0 Å². The molecule has 0 aromatic carbocycles. The van der Waals surface area contributed by atoms with Crippen LogP contribution in [0.4, 0.5) is 0 Å². The van der Waals surface area contributed by atoms with E-state index >= 15 is 0 Å². The molecule has 0 radical (unpaired) electrons. The molecule has 1 amide bonds. The molecule has 0 bridgehead atoms. The molecule has 0 spiro atoms. The number of hydrogen-bond donors (Lipinski definition) is 1. The zero-order chi connectivity index (χ0) is 14.7. The molecule has 9 heteroatoms. The molecule has 0 unspecified atom stereocenters. The SMILES string of the molecule is C[C@H]1CNCCN1C(=O)c1cn(Cc2ccccn2)nn1.Cl.Cl. The van der Waals surface area contributed by atoms with E-state index in [1.807, 2.05) is 30.0 Å². The van der Waals surface area contributed by atoms with Crippen LogP contribution in [0.2, 0.25) is 0 Å². The average Bonchev–Trinajstić information content (AvgIpc) is 2.97. The molecule has 3 rings (SSSR count). The van der Waals surface area contributed by atoms with E-state index in [0.717, 1.165) is 18.8 Å². The molecule has 1 N–H and O–H groups in total. The van der Waals surface area contributed by atoms with Crippen LogP contribution >= 0.6 is 24.8 Å². The summed E-state index contributed by atoms with van der Waals surface area (Å²) in [4.78, 5) is 18.5. The summed E-state index contributed by atoms with van der Waals surface area (Å²) in [5, 5.41) is 11.3. The zero-order valence-corrected chi connectivity index (χ0v) is 14.4. The number of halogens is 2. The molecule has 3 heterocycles. The van der Waals surface area contributed by atoms with Crippen LogP contribution in [-0.4, -0.2) is 56.5 Å².